The second kappa shape index (κ2) is 5.80. The largest absolute Gasteiger partial charge is 0.353 e. The first-order valence-electron chi connectivity index (χ1n) is 6.19. The maximum atomic E-state index is 11.7. The van der Waals surface area contributed by atoms with E-state index in [-0.39, 0.29) is 5.91 Å². The lowest BCUT2D eigenvalue weighted by Crippen LogP contribution is -2.27. The minimum Gasteiger partial charge on any atom is -0.353 e. The molecule has 1 aliphatic carbocycles. The number of thioether (sulfide) groups is 1. The topological polar surface area (TPSA) is 72.7 Å². The Kier molecular flexibility index (Phi) is 3.88. The van der Waals surface area contributed by atoms with Crippen LogP contribution >= 0.6 is 23.4 Å². The summed E-state index contributed by atoms with van der Waals surface area (Å²) in [6.07, 6.45) is 2.16. The molecule has 0 bridgehead atoms. The van der Waals surface area contributed by atoms with Crippen LogP contribution < -0.4 is 5.32 Å². The first-order chi connectivity index (χ1) is 9.72. The van der Waals surface area contributed by atoms with Gasteiger partial charge in [-0.05, 0) is 47.5 Å². The second-order valence-corrected chi connectivity index (χ2v) is 5.86. The van der Waals surface area contributed by atoms with Crippen LogP contribution in [0.4, 0.5) is 0 Å². The predicted molar refractivity (Wildman–Crippen MR) is 76.1 cm³/mol. The Balaban J connectivity index is 1.66. The molecule has 1 amide bonds. The van der Waals surface area contributed by atoms with Crippen molar-refractivity contribution in [2.45, 2.75) is 24.0 Å². The number of aromatic nitrogens is 4. The lowest BCUT2D eigenvalue weighted by molar-refractivity contribution is -0.118. The van der Waals surface area contributed by atoms with Gasteiger partial charge >= 0.3 is 0 Å². The first-order valence-corrected chi connectivity index (χ1v) is 7.55. The number of benzene rings is 1. The monoisotopic (exact) mass is 309 g/mol. The van der Waals surface area contributed by atoms with Crippen LogP contribution in [-0.2, 0) is 4.79 Å². The number of tetrazole rings is 1. The normalized spacial score (nSPS) is 14.2. The summed E-state index contributed by atoms with van der Waals surface area (Å²) in [5, 5.41) is 15.7. The van der Waals surface area contributed by atoms with Gasteiger partial charge in [0.2, 0.25) is 11.1 Å². The molecule has 1 heterocycles. The van der Waals surface area contributed by atoms with Gasteiger partial charge < -0.3 is 5.32 Å². The van der Waals surface area contributed by atoms with Crippen LogP contribution in [0.3, 0.4) is 0 Å². The van der Waals surface area contributed by atoms with Crippen molar-refractivity contribution in [3.63, 3.8) is 0 Å². The van der Waals surface area contributed by atoms with Crippen molar-refractivity contribution in [1.82, 2.24) is 25.5 Å². The number of rotatable bonds is 5. The van der Waals surface area contributed by atoms with Crippen molar-refractivity contribution >= 4 is 29.3 Å². The number of nitrogens with one attached hydrogen (secondary N) is 1. The summed E-state index contributed by atoms with van der Waals surface area (Å²) in [7, 11) is 0. The van der Waals surface area contributed by atoms with Gasteiger partial charge in [0.05, 0.1) is 11.4 Å². The third kappa shape index (κ3) is 3.29. The van der Waals surface area contributed by atoms with Gasteiger partial charge in [0.15, 0.2) is 0 Å². The quantitative estimate of drug-likeness (QED) is 0.851. The van der Waals surface area contributed by atoms with Gasteiger partial charge in [0.1, 0.15) is 0 Å². The number of carbonyl (C=O) groups is 1. The van der Waals surface area contributed by atoms with E-state index in [1.807, 2.05) is 12.1 Å². The molecular weight excluding hydrogens is 298 g/mol. The average molecular weight is 310 g/mol. The molecule has 1 fully saturated rings. The summed E-state index contributed by atoms with van der Waals surface area (Å²) in [5.74, 6) is 0.327. The third-order valence-corrected chi connectivity index (χ3v) is 3.96. The fourth-order valence-corrected chi connectivity index (χ4v) is 2.47. The van der Waals surface area contributed by atoms with Crippen LogP contribution in [0.15, 0.2) is 29.4 Å². The van der Waals surface area contributed by atoms with Crippen molar-refractivity contribution in [2.24, 2.45) is 0 Å². The molecule has 6 nitrogen and oxygen atoms in total. The van der Waals surface area contributed by atoms with Gasteiger partial charge in [-0.1, -0.05) is 23.4 Å². The Labute approximate surface area is 124 Å². The Hall–Kier alpha value is -1.60. The van der Waals surface area contributed by atoms with Crippen LogP contribution in [0.5, 0.6) is 0 Å². The maximum Gasteiger partial charge on any atom is 0.230 e. The van der Waals surface area contributed by atoms with Gasteiger partial charge in [-0.2, -0.15) is 4.68 Å². The van der Waals surface area contributed by atoms with Crippen LogP contribution in [0.1, 0.15) is 12.8 Å². The van der Waals surface area contributed by atoms with E-state index in [2.05, 4.69) is 20.8 Å². The number of halogens is 1. The van der Waals surface area contributed by atoms with Gasteiger partial charge in [-0.3, -0.25) is 4.79 Å². The molecule has 1 N–H and O–H groups in total. The lowest BCUT2D eigenvalue weighted by atomic mass is 10.3. The summed E-state index contributed by atoms with van der Waals surface area (Å²) in [6.45, 7) is 0. The molecule has 2 aromatic rings. The third-order valence-electron chi connectivity index (χ3n) is 2.79. The van der Waals surface area contributed by atoms with Crippen molar-refractivity contribution < 1.29 is 4.79 Å². The van der Waals surface area contributed by atoms with Crippen LogP contribution in [0, 0.1) is 0 Å². The summed E-state index contributed by atoms with van der Waals surface area (Å²) in [6, 6.07) is 7.56. The van der Waals surface area contributed by atoms with E-state index >= 15 is 0 Å². The van der Waals surface area contributed by atoms with E-state index < -0.39 is 0 Å². The van der Waals surface area contributed by atoms with Gasteiger partial charge in [-0.15, -0.1) is 5.10 Å². The molecule has 1 saturated carbocycles. The van der Waals surface area contributed by atoms with E-state index in [1.165, 1.54) is 11.8 Å². The van der Waals surface area contributed by atoms with Crippen LogP contribution in [0.25, 0.3) is 5.69 Å². The minimum absolute atomic E-state index is 0.0168. The van der Waals surface area contributed by atoms with Crippen molar-refractivity contribution in [3.05, 3.63) is 29.3 Å². The fourth-order valence-electron chi connectivity index (χ4n) is 1.64. The maximum absolute atomic E-state index is 11.7. The number of nitrogens with zero attached hydrogens (tertiary/aromatic N) is 4. The summed E-state index contributed by atoms with van der Waals surface area (Å²) < 4.78 is 1.59. The lowest BCUT2D eigenvalue weighted by Gasteiger charge is -2.04. The zero-order valence-corrected chi connectivity index (χ0v) is 12.1. The Bertz CT molecular complexity index is 611. The predicted octanol–water partition coefficient (Wildman–Crippen LogP) is 1.69. The number of carbonyl (C=O) groups excluding carboxylic acids is 1. The molecule has 0 spiro atoms. The first kappa shape index (κ1) is 13.4. The van der Waals surface area contributed by atoms with Gasteiger partial charge in [0, 0.05) is 11.1 Å². The molecule has 1 aliphatic rings. The van der Waals surface area contributed by atoms with E-state index in [0.717, 1.165) is 18.5 Å². The molecule has 0 unspecified atom stereocenters. The zero-order chi connectivity index (χ0) is 13.9. The molecule has 1 aromatic carbocycles. The molecule has 3 rings (SSSR count). The summed E-state index contributed by atoms with van der Waals surface area (Å²) in [4.78, 5) is 11.7. The highest BCUT2D eigenvalue weighted by Crippen LogP contribution is 2.21. The standard InChI is InChI=1S/C12H12ClN5OS/c13-8-1-5-10(6-2-8)18-12(15-16-17-18)20-7-11(19)14-9-3-4-9/h1-2,5-6,9H,3-4,7H2,(H,14,19). The minimum atomic E-state index is 0.0168. The second-order valence-electron chi connectivity index (χ2n) is 4.48. The van der Waals surface area contributed by atoms with E-state index in [9.17, 15) is 4.79 Å². The van der Waals surface area contributed by atoms with Crippen molar-refractivity contribution in [2.75, 3.05) is 5.75 Å². The summed E-state index contributed by atoms with van der Waals surface area (Å²) in [5.41, 5.74) is 0.810. The average Bonchev–Trinajstić information content (AvgIpc) is 3.13. The highest BCUT2D eigenvalue weighted by Gasteiger charge is 2.23. The number of hydrogen-bond acceptors (Lipinski definition) is 5. The zero-order valence-electron chi connectivity index (χ0n) is 10.5. The van der Waals surface area contributed by atoms with E-state index in [0.29, 0.717) is 22.0 Å². The van der Waals surface area contributed by atoms with Crippen molar-refractivity contribution in [1.29, 1.82) is 0 Å². The van der Waals surface area contributed by atoms with Crippen LogP contribution in [-0.4, -0.2) is 37.9 Å². The smallest absolute Gasteiger partial charge is 0.230 e. The Morgan fingerprint density at radius 3 is 2.85 bits per heavy atom. The molecule has 104 valence electrons. The molecular formula is C12H12ClN5OS. The summed E-state index contributed by atoms with van der Waals surface area (Å²) >= 11 is 7.16. The number of amides is 1. The molecule has 1 aromatic heterocycles. The SMILES string of the molecule is O=C(CSc1nnnn1-c1ccc(Cl)cc1)NC1CC1. The molecule has 20 heavy (non-hydrogen) atoms. The van der Waals surface area contributed by atoms with E-state index in [4.69, 9.17) is 11.6 Å². The van der Waals surface area contributed by atoms with Crippen LogP contribution in [0.2, 0.25) is 5.02 Å². The molecule has 8 heteroatoms. The van der Waals surface area contributed by atoms with Crippen molar-refractivity contribution in [3.8, 4) is 5.69 Å². The highest BCUT2D eigenvalue weighted by molar-refractivity contribution is 7.99. The molecule has 0 atom stereocenters. The van der Waals surface area contributed by atoms with Gasteiger partial charge in [-0.25, -0.2) is 0 Å². The Morgan fingerprint density at radius 1 is 1.40 bits per heavy atom. The fraction of sp³-hybridized carbons (Fsp3) is 0.333. The molecule has 0 saturated heterocycles. The number of hydrogen-bond donors (Lipinski definition) is 1. The Morgan fingerprint density at radius 2 is 2.15 bits per heavy atom. The van der Waals surface area contributed by atoms with Gasteiger partial charge in [0.25, 0.3) is 0 Å². The molecule has 0 radical (unpaired) electrons. The van der Waals surface area contributed by atoms with E-state index in [1.54, 1.807) is 16.8 Å². The highest BCUT2D eigenvalue weighted by atomic mass is 35.5. The molecule has 0 aliphatic heterocycles.